The molecule has 0 aliphatic heterocycles. The molecule has 0 aromatic heterocycles. The van der Waals surface area contributed by atoms with Crippen LogP contribution in [0.5, 0.6) is 0 Å². The number of ether oxygens (including phenoxy) is 2. The largest absolute Gasteiger partial charge is 0.465 e. The number of unbranched alkanes of at least 4 members (excludes halogenated alkanes) is 1. The summed E-state index contributed by atoms with van der Waals surface area (Å²) < 4.78 is 9.72. The van der Waals surface area contributed by atoms with Crippen molar-refractivity contribution in [2.45, 2.75) is 26.2 Å². The molecule has 0 fully saturated rings. The molecule has 0 radical (unpaired) electrons. The lowest BCUT2D eigenvalue weighted by atomic mass is 9.93. The molecule has 0 saturated carbocycles. The van der Waals surface area contributed by atoms with Gasteiger partial charge in [0, 0.05) is 41.3 Å². The normalized spacial score (nSPS) is 12.4. The van der Waals surface area contributed by atoms with Crippen LogP contribution in [0.2, 0.25) is 0 Å². The van der Waals surface area contributed by atoms with Gasteiger partial charge in [-0.15, -0.1) is 12.3 Å². The van der Waals surface area contributed by atoms with E-state index in [0.717, 1.165) is 0 Å². The SMILES string of the molecule is C#CCCCC(=O)OCC(C)(CN=[N+]=[N-])COC(=O)Cl. The molecule has 0 spiro atoms. The molecule has 0 aliphatic rings. The second-order valence-electron chi connectivity index (χ2n) is 4.44. The summed E-state index contributed by atoms with van der Waals surface area (Å²) in [6, 6.07) is 0. The number of nitrogens with zero attached hydrogens (tertiary/aromatic N) is 3. The highest BCUT2D eigenvalue weighted by atomic mass is 35.5. The van der Waals surface area contributed by atoms with Crippen LogP contribution in [0.1, 0.15) is 26.2 Å². The van der Waals surface area contributed by atoms with Gasteiger partial charge >= 0.3 is 11.4 Å². The quantitative estimate of drug-likeness (QED) is 0.124. The van der Waals surface area contributed by atoms with E-state index in [0.29, 0.717) is 12.8 Å². The van der Waals surface area contributed by atoms with Gasteiger partial charge < -0.3 is 9.47 Å². The Balaban J connectivity index is 4.34. The fourth-order valence-electron chi connectivity index (χ4n) is 1.23. The number of halogens is 1. The van der Waals surface area contributed by atoms with Gasteiger partial charge in [-0.2, -0.15) is 0 Å². The van der Waals surface area contributed by atoms with Gasteiger partial charge in [0.25, 0.3) is 0 Å². The van der Waals surface area contributed by atoms with Gasteiger partial charge in [-0.25, -0.2) is 4.79 Å². The van der Waals surface area contributed by atoms with Crippen molar-refractivity contribution in [2.75, 3.05) is 19.8 Å². The zero-order valence-electron chi connectivity index (χ0n) is 11.2. The van der Waals surface area contributed by atoms with Crippen LogP contribution in [0, 0.1) is 17.8 Å². The number of hydrogen-bond donors (Lipinski definition) is 0. The first kappa shape index (κ1) is 18.1. The van der Waals surface area contributed by atoms with Crippen LogP contribution in [0.15, 0.2) is 5.11 Å². The van der Waals surface area contributed by atoms with E-state index >= 15 is 0 Å². The molecule has 0 saturated heterocycles. The lowest BCUT2D eigenvalue weighted by Crippen LogP contribution is -2.33. The Morgan fingerprint density at radius 3 is 2.65 bits per heavy atom. The first-order chi connectivity index (χ1) is 9.43. The average Bonchev–Trinajstić information content (AvgIpc) is 2.41. The Morgan fingerprint density at radius 2 is 2.10 bits per heavy atom. The molecule has 1 atom stereocenters. The molecule has 0 aromatic rings. The maximum absolute atomic E-state index is 11.4. The number of carbonyl (C=O) groups excluding carboxylic acids is 2. The van der Waals surface area contributed by atoms with Crippen LogP contribution >= 0.6 is 11.6 Å². The molecule has 0 heterocycles. The van der Waals surface area contributed by atoms with Gasteiger partial charge in [-0.05, 0) is 12.0 Å². The summed E-state index contributed by atoms with van der Waals surface area (Å²) in [5.41, 5.74) is 6.53. The second kappa shape index (κ2) is 9.96. The van der Waals surface area contributed by atoms with E-state index in [9.17, 15) is 9.59 Å². The highest BCUT2D eigenvalue weighted by Crippen LogP contribution is 2.19. The van der Waals surface area contributed by atoms with E-state index < -0.39 is 16.8 Å². The van der Waals surface area contributed by atoms with E-state index in [4.69, 9.17) is 28.3 Å². The van der Waals surface area contributed by atoms with Crippen molar-refractivity contribution in [2.24, 2.45) is 10.5 Å². The first-order valence-electron chi connectivity index (χ1n) is 5.86. The van der Waals surface area contributed by atoms with Crippen molar-refractivity contribution in [1.29, 1.82) is 0 Å². The smallest absolute Gasteiger partial charge is 0.403 e. The minimum atomic E-state index is -0.975. The van der Waals surface area contributed by atoms with E-state index in [1.54, 1.807) is 6.92 Å². The molecule has 0 bridgehead atoms. The van der Waals surface area contributed by atoms with Gasteiger partial charge in [0.2, 0.25) is 0 Å². The Labute approximate surface area is 122 Å². The number of hydrogen-bond acceptors (Lipinski definition) is 5. The maximum Gasteiger partial charge on any atom is 0.403 e. The van der Waals surface area contributed by atoms with Crippen molar-refractivity contribution in [3.05, 3.63) is 10.4 Å². The number of rotatable bonds is 9. The summed E-state index contributed by atoms with van der Waals surface area (Å²) in [5.74, 6) is 2.01. The summed E-state index contributed by atoms with van der Waals surface area (Å²) in [7, 11) is 0. The minimum Gasteiger partial charge on any atom is -0.465 e. The molecule has 8 heteroatoms. The lowest BCUT2D eigenvalue weighted by molar-refractivity contribution is -0.147. The van der Waals surface area contributed by atoms with Crippen molar-refractivity contribution >= 4 is 23.0 Å². The molecule has 0 amide bonds. The molecule has 0 N–H and O–H groups in total. The third kappa shape index (κ3) is 9.09. The van der Waals surface area contributed by atoms with Crippen molar-refractivity contribution in [3.8, 4) is 12.3 Å². The number of terminal acetylenes is 1. The first-order valence-corrected chi connectivity index (χ1v) is 6.23. The topological polar surface area (TPSA) is 101 Å². The van der Waals surface area contributed by atoms with Gasteiger partial charge in [-0.1, -0.05) is 12.0 Å². The molecule has 7 nitrogen and oxygen atoms in total. The van der Waals surface area contributed by atoms with Crippen LogP contribution in [-0.2, 0) is 14.3 Å². The molecular formula is C12H16ClN3O4. The summed E-state index contributed by atoms with van der Waals surface area (Å²) in [4.78, 5) is 24.7. The predicted octanol–water partition coefficient (Wildman–Crippen LogP) is 3.03. The van der Waals surface area contributed by atoms with Crippen LogP contribution in [-0.4, -0.2) is 31.2 Å². The molecule has 0 aliphatic carbocycles. The Bertz CT molecular complexity index is 429. The summed E-state index contributed by atoms with van der Waals surface area (Å²) in [6.45, 7) is 1.48. The van der Waals surface area contributed by atoms with Crippen LogP contribution < -0.4 is 0 Å². The predicted molar refractivity (Wildman–Crippen MR) is 73.0 cm³/mol. The average molecular weight is 302 g/mol. The Morgan fingerprint density at radius 1 is 1.45 bits per heavy atom. The zero-order valence-corrected chi connectivity index (χ0v) is 11.9. The molecule has 0 aromatic carbocycles. The Hall–Kier alpha value is -1.90. The van der Waals surface area contributed by atoms with Gasteiger partial charge in [0.05, 0.1) is 0 Å². The van der Waals surface area contributed by atoms with E-state index in [1.807, 2.05) is 0 Å². The van der Waals surface area contributed by atoms with Gasteiger partial charge in [0.15, 0.2) is 0 Å². The fraction of sp³-hybridized carbons (Fsp3) is 0.667. The van der Waals surface area contributed by atoms with Crippen LogP contribution in [0.4, 0.5) is 4.79 Å². The molecule has 1 unspecified atom stereocenters. The Kier molecular flexibility index (Phi) is 9.01. The maximum atomic E-state index is 11.4. The van der Waals surface area contributed by atoms with Crippen LogP contribution in [0.3, 0.4) is 0 Å². The van der Waals surface area contributed by atoms with Crippen molar-refractivity contribution in [3.63, 3.8) is 0 Å². The summed E-state index contributed by atoms with van der Waals surface area (Å²) in [5, 5.41) is 3.40. The van der Waals surface area contributed by atoms with E-state index in [2.05, 4.69) is 20.7 Å². The van der Waals surface area contributed by atoms with Crippen molar-refractivity contribution < 1.29 is 19.1 Å². The van der Waals surface area contributed by atoms with Crippen LogP contribution in [0.25, 0.3) is 10.4 Å². The molecule has 20 heavy (non-hydrogen) atoms. The number of carbonyl (C=O) groups is 2. The van der Waals surface area contributed by atoms with Gasteiger partial charge in [-0.3, -0.25) is 4.79 Å². The standard InChI is InChI=1S/C12H16ClN3O4/c1-3-4-5-6-10(17)19-8-12(2,7-15-16-14)9-20-11(13)18/h1H,4-9H2,2H3. The van der Waals surface area contributed by atoms with Crippen molar-refractivity contribution in [1.82, 2.24) is 0 Å². The monoisotopic (exact) mass is 301 g/mol. The van der Waals surface area contributed by atoms with Gasteiger partial charge in [0.1, 0.15) is 13.2 Å². The van der Waals surface area contributed by atoms with E-state index in [1.165, 1.54) is 0 Å². The minimum absolute atomic E-state index is 0.00526. The molecular weight excluding hydrogens is 286 g/mol. The zero-order chi connectivity index (χ0) is 15.4. The number of esters is 1. The molecule has 0 rings (SSSR count). The third-order valence-electron chi connectivity index (χ3n) is 2.33. The fourth-order valence-corrected chi connectivity index (χ4v) is 1.28. The third-order valence-corrected chi connectivity index (χ3v) is 2.44. The van der Waals surface area contributed by atoms with E-state index in [-0.39, 0.29) is 26.2 Å². The summed E-state index contributed by atoms with van der Waals surface area (Å²) >= 11 is 5.07. The number of azide groups is 1. The summed E-state index contributed by atoms with van der Waals surface area (Å²) in [6.07, 6.45) is 6.31. The second-order valence-corrected chi connectivity index (χ2v) is 4.75. The highest BCUT2D eigenvalue weighted by molar-refractivity contribution is 6.61. The lowest BCUT2D eigenvalue weighted by Gasteiger charge is -2.26. The highest BCUT2D eigenvalue weighted by Gasteiger charge is 2.27. The molecule has 110 valence electrons.